The second-order valence-corrected chi connectivity index (χ2v) is 9.19. The van der Waals surface area contributed by atoms with Crippen LogP contribution in [0.4, 0.5) is 8.78 Å². The fraction of sp³-hybridized carbons (Fsp3) is 0.429. The molecule has 0 radical (unpaired) electrons. The lowest BCUT2D eigenvalue weighted by Crippen LogP contribution is -2.29. The number of aromatic hydroxyl groups is 1. The molecule has 1 N–H and O–H groups in total. The zero-order valence-corrected chi connectivity index (χ0v) is 19.7. The molecule has 1 fully saturated rings. The van der Waals surface area contributed by atoms with Crippen molar-refractivity contribution in [3.63, 3.8) is 0 Å². The molecule has 6 heteroatoms. The molecule has 1 aromatic heterocycles. The molecule has 0 amide bonds. The molecular formula is C28H32F2N2O2. The Morgan fingerprint density at radius 2 is 1.74 bits per heavy atom. The first kappa shape index (κ1) is 24.1. The van der Waals surface area contributed by atoms with Gasteiger partial charge in [0.05, 0.1) is 11.3 Å². The van der Waals surface area contributed by atoms with Crippen LogP contribution in [0.15, 0.2) is 47.3 Å². The molecule has 4 nitrogen and oxygen atoms in total. The van der Waals surface area contributed by atoms with Gasteiger partial charge in [-0.25, -0.2) is 13.8 Å². The molecule has 3 aromatic rings. The molecule has 0 bridgehead atoms. The predicted octanol–water partition coefficient (Wildman–Crippen LogP) is 6.21. The third kappa shape index (κ3) is 5.21. The summed E-state index contributed by atoms with van der Waals surface area (Å²) in [5, 5.41) is 10.5. The first-order chi connectivity index (χ1) is 16.5. The number of rotatable bonds is 8. The topological polar surface area (TPSA) is 55.1 Å². The molecule has 0 atom stereocenters. The van der Waals surface area contributed by atoms with Crippen LogP contribution in [0.25, 0.3) is 11.4 Å². The van der Waals surface area contributed by atoms with Crippen molar-refractivity contribution < 1.29 is 13.9 Å². The Morgan fingerprint density at radius 3 is 2.47 bits per heavy atom. The average molecular weight is 467 g/mol. The van der Waals surface area contributed by atoms with Crippen LogP contribution < -0.4 is 5.56 Å². The smallest absolute Gasteiger partial charge is 0.257 e. The SMILES string of the molecule is CCc1c(CCC2CCCCC2)nc(-c2cccc(F)c2O)n(CCc2ccccc2F)c1=O. The number of halogens is 2. The molecule has 1 aliphatic rings. The third-order valence-corrected chi connectivity index (χ3v) is 7.01. The van der Waals surface area contributed by atoms with Crippen molar-refractivity contribution in [1.29, 1.82) is 0 Å². The summed E-state index contributed by atoms with van der Waals surface area (Å²) in [5.41, 5.74) is 1.82. The Bertz CT molecular complexity index is 1200. The highest BCUT2D eigenvalue weighted by atomic mass is 19.1. The number of phenols is 1. The number of aryl methyl sites for hydroxylation is 2. The summed E-state index contributed by atoms with van der Waals surface area (Å²) in [5.74, 6) is -0.769. The largest absolute Gasteiger partial charge is 0.504 e. The van der Waals surface area contributed by atoms with Crippen molar-refractivity contribution in [3.8, 4) is 17.1 Å². The number of aromatic nitrogens is 2. The first-order valence-electron chi connectivity index (χ1n) is 12.3. The summed E-state index contributed by atoms with van der Waals surface area (Å²) in [6.07, 6.45) is 8.65. The number of benzene rings is 2. The van der Waals surface area contributed by atoms with Crippen LogP contribution >= 0.6 is 0 Å². The van der Waals surface area contributed by atoms with E-state index in [1.165, 1.54) is 54.9 Å². The van der Waals surface area contributed by atoms with Gasteiger partial charge >= 0.3 is 0 Å². The molecule has 0 saturated heterocycles. The fourth-order valence-corrected chi connectivity index (χ4v) is 5.06. The van der Waals surface area contributed by atoms with E-state index in [0.717, 1.165) is 12.1 Å². The van der Waals surface area contributed by atoms with Gasteiger partial charge in [-0.15, -0.1) is 0 Å². The Labute approximate surface area is 199 Å². The van der Waals surface area contributed by atoms with Gasteiger partial charge in [0.1, 0.15) is 11.6 Å². The van der Waals surface area contributed by atoms with Crippen LogP contribution in [0.2, 0.25) is 0 Å². The van der Waals surface area contributed by atoms with E-state index >= 15 is 0 Å². The maximum absolute atomic E-state index is 14.2. The van der Waals surface area contributed by atoms with Crippen LogP contribution in [0.5, 0.6) is 5.75 Å². The molecule has 4 rings (SSSR count). The van der Waals surface area contributed by atoms with E-state index in [0.29, 0.717) is 29.9 Å². The summed E-state index contributed by atoms with van der Waals surface area (Å²) in [6.45, 7) is 2.11. The van der Waals surface area contributed by atoms with Crippen molar-refractivity contribution >= 4 is 0 Å². The lowest BCUT2D eigenvalue weighted by molar-refractivity contribution is 0.338. The maximum Gasteiger partial charge on any atom is 0.257 e. The second kappa shape index (κ2) is 10.9. The van der Waals surface area contributed by atoms with Crippen molar-refractivity contribution in [1.82, 2.24) is 9.55 Å². The van der Waals surface area contributed by atoms with E-state index in [4.69, 9.17) is 4.98 Å². The lowest BCUT2D eigenvalue weighted by atomic mass is 9.85. The van der Waals surface area contributed by atoms with Gasteiger partial charge in [0.15, 0.2) is 11.6 Å². The minimum Gasteiger partial charge on any atom is -0.504 e. The monoisotopic (exact) mass is 466 g/mol. The van der Waals surface area contributed by atoms with Gasteiger partial charge in [0, 0.05) is 12.1 Å². The van der Waals surface area contributed by atoms with Crippen LogP contribution in [0, 0.1) is 17.6 Å². The predicted molar refractivity (Wildman–Crippen MR) is 130 cm³/mol. The van der Waals surface area contributed by atoms with E-state index in [1.54, 1.807) is 24.3 Å². The zero-order valence-electron chi connectivity index (χ0n) is 19.7. The van der Waals surface area contributed by atoms with Gasteiger partial charge in [0.25, 0.3) is 5.56 Å². The number of para-hydroxylation sites is 1. The molecule has 0 aliphatic heterocycles. The van der Waals surface area contributed by atoms with Crippen molar-refractivity contribution in [2.24, 2.45) is 5.92 Å². The standard InChI is InChI=1S/C28H32F2N2O2/c1-2-21-25(16-15-19-9-4-3-5-10-19)31-27(22-12-8-14-24(30)26(22)33)32(28(21)34)18-17-20-11-6-7-13-23(20)29/h6-8,11-14,19,33H,2-5,9-10,15-18H2,1H3. The van der Waals surface area contributed by atoms with E-state index < -0.39 is 11.6 Å². The van der Waals surface area contributed by atoms with Crippen LogP contribution in [-0.2, 0) is 25.8 Å². The number of hydrogen-bond acceptors (Lipinski definition) is 3. The molecule has 180 valence electrons. The average Bonchev–Trinajstić information content (AvgIpc) is 2.85. The molecule has 2 aromatic carbocycles. The Morgan fingerprint density at radius 1 is 1.00 bits per heavy atom. The lowest BCUT2D eigenvalue weighted by Gasteiger charge is -2.22. The molecular weight excluding hydrogens is 434 g/mol. The van der Waals surface area contributed by atoms with Crippen molar-refractivity contribution in [2.45, 2.75) is 71.3 Å². The summed E-state index contributed by atoms with van der Waals surface area (Å²) >= 11 is 0. The van der Waals surface area contributed by atoms with Crippen LogP contribution in [-0.4, -0.2) is 14.7 Å². The maximum atomic E-state index is 14.2. The third-order valence-electron chi connectivity index (χ3n) is 7.01. The Hall–Kier alpha value is -3.02. The fourth-order valence-electron chi connectivity index (χ4n) is 5.06. The molecule has 34 heavy (non-hydrogen) atoms. The van der Waals surface area contributed by atoms with Crippen LogP contribution in [0.3, 0.4) is 0 Å². The molecule has 0 spiro atoms. The summed E-state index contributed by atoms with van der Waals surface area (Å²) < 4.78 is 29.9. The molecule has 1 aliphatic carbocycles. The van der Waals surface area contributed by atoms with E-state index in [9.17, 15) is 18.7 Å². The minimum atomic E-state index is -0.768. The van der Waals surface area contributed by atoms with E-state index in [1.807, 2.05) is 6.92 Å². The van der Waals surface area contributed by atoms with E-state index in [-0.39, 0.29) is 35.7 Å². The van der Waals surface area contributed by atoms with Crippen LogP contribution in [0.1, 0.15) is 62.3 Å². The number of phenolic OH excluding ortho intramolecular Hbond substituents is 1. The van der Waals surface area contributed by atoms with Gasteiger partial charge in [-0.3, -0.25) is 9.36 Å². The van der Waals surface area contributed by atoms with E-state index in [2.05, 4.69) is 0 Å². The van der Waals surface area contributed by atoms with Gasteiger partial charge in [-0.2, -0.15) is 0 Å². The minimum absolute atomic E-state index is 0.173. The van der Waals surface area contributed by atoms with Gasteiger partial charge in [0.2, 0.25) is 0 Å². The van der Waals surface area contributed by atoms with Gasteiger partial charge in [-0.1, -0.05) is 63.3 Å². The first-order valence-corrected chi connectivity index (χ1v) is 12.3. The Balaban J connectivity index is 1.75. The summed E-state index contributed by atoms with van der Waals surface area (Å²) in [6, 6.07) is 10.7. The highest BCUT2D eigenvalue weighted by Gasteiger charge is 2.22. The number of nitrogens with zero attached hydrogens (tertiary/aromatic N) is 2. The highest BCUT2D eigenvalue weighted by molar-refractivity contribution is 5.64. The second-order valence-electron chi connectivity index (χ2n) is 9.19. The zero-order chi connectivity index (χ0) is 24.1. The van der Waals surface area contributed by atoms with Crippen molar-refractivity contribution in [2.75, 3.05) is 0 Å². The van der Waals surface area contributed by atoms with Gasteiger partial charge < -0.3 is 5.11 Å². The molecule has 0 unspecified atom stereocenters. The number of hydrogen-bond donors (Lipinski definition) is 1. The highest BCUT2D eigenvalue weighted by Crippen LogP contribution is 2.31. The molecule has 1 heterocycles. The Kier molecular flexibility index (Phi) is 7.76. The summed E-state index contributed by atoms with van der Waals surface area (Å²) in [7, 11) is 0. The molecule has 1 saturated carbocycles. The van der Waals surface area contributed by atoms with Crippen molar-refractivity contribution in [3.05, 3.63) is 81.3 Å². The summed E-state index contributed by atoms with van der Waals surface area (Å²) in [4.78, 5) is 18.5. The van der Waals surface area contributed by atoms with Gasteiger partial charge in [-0.05, 0) is 55.4 Å². The quantitative estimate of drug-likeness (QED) is 0.429. The normalized spacial score (nSPS) is 14.4.